The van der Waals surface area contributed by atoms with Gasteiger partial charge >= 0.3 is 0 Å². The van der Waals surface area contributed by atoms with E-state index in [9.17, 15) is 10.4 Å². The zero-order chi connectivity index (χ0) is 18.6. The number of hydrogen-bond acceptors (Lipinski definition) is 6. The Morgan fingerprint density at radius 1 is 1.30 bits per heavy atom. The van der Waals surface area contributed by atoms with Crippen molar-refractivity contribution in [2.75, 3.05) is 31.1 Å². The molecule has 0 aromatic carbocycles. The Bertz CT molecular complexity index is 814. The number of hydrogen-bond donors (Lipinski definition) is 1. The SMILES string of the molecule is N#Cc1cc2c(nc1N1CCN(Cc3ccsc3)[C@@H](CCO)C1)CCCC2. The smallest absolute Gasteiger partial charge is 0.146 e. The fraction of sp³-hybridized carbons (Fsp3) is 0.524. The molecule has 3 heterocycles. The average molecular weight is 383 g/mol. The number of aliphatic hydroxyl groups excluding tert-OH is 1. The lowest BCUT2D eigenvalue weighted by Gasteiger charge is -2.42. The standard InChI is InChI=1S/C21H26N4OS/c22-12-18-11-17-3-1-2-4-20(17)23-21(18)25-8-7-24(19(14-25)5-9-26)13-16-6-10-27-15-16/h6,10-11,15,19,26H,1-5,7-9,13-14H2/t19-/m0/s1. The third-order valence-corrected chi connectivity index (χ3v) is 6.47. The van der Waals surface area contributed by atoms with Crippen LogP contribution >= 0.6 is 11.3 Å². The van der Waals surface area contributed by atoms with Crippen LogP contribution in [0, 0.1) is 11.3 Å². The van der Waals surface area contributed by atoms with Crippen molar-refractivity contribution in [3.05, 3.63) is 45.3 Å². The fourth-order valence-electron chi connectivity index (χ4n) is 4.28. The van der Waals surface area contributed by atoms with Crippen LogP contribution in [0.4, 0.5) is 5.82 Å². The Kier molecular flexibility index (Phi) is 5.72. The molecule has 1 atom stereocenters. The van der Waals surface area contributed by atoms with Crippen molar-refractivity contribution in [2.24, 2.45) is 0 Å². The largest absolute Gasteiger partial charge is 0.396 e. The van der Waals surface area contributed by atoms with E-state index < -0.39 is 0 Å². The molecule has 1 fully saturated rings. The summed E-state index contributed by atoms with van der Waals surface area (Å²) < 4.78 is 0. The molecule has 0 amide bonds. The second-order valence-electron chi connectivity index (χ2n) is 7.50. The van der Waals surface area contributed by atoms with Gasteiger partial charge in [-0.3, -0.25) is 4.90 Å². The van der Waals surface area contributed by atoms with Crippen LogP contribution in [0.5, 0.6) is 0 Å². The van der Waals surface area contributed by atoms with Crippen LogP contribution in [-0.2, 0) is 19.4 Å². The number of nitriles is 1. The molecule has 1 aliphatic heterocycles. The monoisotopic (exact) mass is 382 g/mol. The molecule has 1 aliphatic carbocycles. The molecule has 0 radical (unpaired) electrons. The molecule has 2 aromatic rings. The van der Waals surface area contributed by atoms with Gasteiger partial charge in [-0.2, -0.15) is 16.6 Å². The molecule has 1 N–H and O–H groups in total. The Morgan fingerprint density at radius 3 is 2.96 bits per heavy atom. The van der Waals surface area contributed by atoms with E-state index in [1.807, 2.05) is 0 Å². The van der Waals surface area contributed by atoms with Crippen LogP contribution in [-0.4, -0.2) is 47.3 Å². The van der Waals surface area contributed by atoms with E-state index in [0.717, 1.165) is 51.3 Å². The van der Waals surface area contributed by atoms with Crippen LogP contribution in [0.25, 0.3) is 0 Å². The second-order valence-corrected chi connectivity index (χ2v) is 8.28. The molecule has 2 aromatic heterocycles. The Labute approximate surface area is 164 Å². The molecule has 0 spiro atoms. The molecular formula is C21H26N4OS. The first kappa shape index (κ1) is 18.4. The Hall–Kier alpha value is -1.94. The van der Waals surface area contributed by atoms with Crippen molar-refractivity contribution in [3.8, 4) is 6.07 Å². The third kappa shape index (κ3) is 4.01. The minimum Gasteiger partial charge on any atom is -0.396 e. The number of aryl methyl sites for hydroxylation is 2. The van der Waals surface area contributed by atoms with Crippen molar-refractivity contribution >= 4 is 17.2 Å². The van der Waals surface area contributed by atoms with Gasteiger partial charge in [0.2, 0.25) is 0 Å². The van der Waals surface area contributed by atoms with E-state index in [-0.39, 0.29) is 12.6 Å². The number of thiophene rings is 1. The molecule has 4 rings (SSSR count). The molecule has 142 valence electrons. The van der Waals surface area contributed by atoms with E-state index in [0.29, 0.717) is 5.56 Å². The molecule has 5 nitrogen and oxygen atoms in total. The summed E-state index contributed by atoms with van der Waals surface area (Å²) in [7, 11) is 0. The van der Waals surface area contributed by atoms with Gasteiger partial charge in [-0.05, 0) is 66.1 Å². The van der Waals surface area contributed by atoms with Crippen LogP contribution in [0.1, 0.15) is 41.6 Å². The quantitative estimate of drug-likeness (QED) is 0.861. The van der Waals surface area contributed by atoms with Gasteiger partial charge in [0.05, 0.1) is 5.56 Å². The molecular weight excluding hydrogens is 356 g/mol. The van der Waals surface area contributed by atoms with Gasteiger partial charge in [0.1, 0.15) is 11.9 Å². The highest BCUT2D eigenvalue weighted by molar-refractivity contribution is 7.07. The van der Waals surface area contributed by atoms with Crippen LogP contribution in [0.2, 0.25) is 0 Å². The first-order valence-electron chi connectivity index (χ1n) is 9.82. The van der Waals surface area contributed by atoms with Gasteiger partial charge in [-0.1, -0.05) is 0 Å². The van der Waals surface area contributed by atoms with E-state index in [2.05, 4.69) is 38.8 Å². The fourth-order valence-corrected chi connectivity index (χ4v) is 4.94. The van der Waals surface area contributed by atoms with Crippen LogP contribution in [0.15, 0.2) is 22.9 Å². The van der Waals surface area contributed by atoms with Gasteiger partial charge in [0.25, 0.3) is 0 Å². The van der Waals surface area contributed by atoms with Crippen molar-refractivity contribution < 1.29 is 5.11 Å². The first-order chi connectivity index (χ1) is 13.3. The van der Waals surface area contributed by atoms with Crippen molar-refractivity contribution in [3.63, 3.8) is 0 Å². The highest BCUT2D eigenvalue weighted by atomic mass is 32.1. The number of piperazine rings is 1. The van der Waals surface area contributed by atoms with E-state index in [1.54, 1.807) is 11.3 Å². The summed E-state index contributed by atoms with van der Waals surface area (Å²) in [5.41, 5.74) is 4.46. The summed E-state index contributed by atoms with van der Waals surface area (Å²) in [6.07, 6.45) is 5.18. The Balaban J connectivity index is 1.55. The summed E-state index contributed by atoms with van der Waals surface area (Å²) in [4.78, 5) is 9.65. The van der Waals surface area contributed by atoms with E-state index in [4.69, 9.17) is 4.98 Å². The zero-order valence-electron chi connectivity index (χ0n) is 15.6. The van der Waals surface area contributed by atoms with E-state index in [1.165, 1.54) is 29.7 Å². The van der Waals surface area contributed by atoms with Gasteiger partial charge in [-0.15, -0.1) is 0 Å². The summed E-state index contributed by atoms with van der Waals surface area (Å²) >= 11 is 1.73. The zero-order valence-corrected chi connectivity index (χ0v) is 16.4. The molecule has 1 saturated heterocycles. The Morgan fingerprint density at radius 2 is 2.19 bits per heavy atom. The van der Waals surface area contributed by atoms with Gasteiger partial charge < -0.3 is 10.0 Å². The summed E-state index contributed by atoms with van der Waals surface area (Å²) in [5, 5.41) is 23.6. The highest BCUT2D eigenvalue weighted by Crippen LogP contribution is 2.29. The lowest BCUT2D eigenvalue weighted by Crippen LogP contribution is -2.53. The summed E-state index contributed by atoms with van der Waals surface area (Å²) in [6, 6.07) is 6.88. The maximum Gasteiger partial charge on any atom is 0.146 e. The number of pyridine rings is 1. The summed E-state index contributed by atoms with van der Waals surface area (Å²) in [5.74, 6) is 0.844. The van der Waals surface area contributed by atoms with Gasteiger partial charge in [-0.25, -0.2) is 4.98 Å². The molecule has 2 aliphatic rings. The topological polar surface area (TPSA) is 63.4 Å². The summed E-state index contributed by atoms with van der Waals surface area (Å²) in [6.45, 7) is 3.70. The number of fused-ring (bicyclic) bond motifs is 1. The highest BCUT2D eigenvalue weighted by Gasteiger charge is 2.29. The number of anilines is 1. The minimum absolute atomic E-state index is 0.182. The number of aromatic nitrogens is 1. The molecule has 0 saturated carbocycles. The normalized spacial score (nSPS) is 20.3. The number of rotatable bonds is 5. The van der Waals surface area contributed by atoms with Crippen LogP contribution < -0.4 is 4.90 Å². The maximum absolute atomic E-state index is 9.68. The van der Waals surface area contributed by atoms with Crippen molar-refractivity contribution in [1.82, 2.24) is 9.88 Å². The van der Waals surface area contributed by atoms with Gasteiger partial charge in [0, 0.05) is 44.5 Å². The molecule has 6 heteroatoms. The number of nitrogens with zero attached hydrogens (tertiary/aromatic N) is 4. The predicted molar refractivity (Wildman–Crippen MR) is 108 cm³/mol. The number of aliphatic hydroxyl groups is 1. The molecule has 0 bridgehead atoms. The van der Waals surface area contributed by atoms with Crippen LogP contribution in [0.3, 0.4) is 0 Å². The van der Waals surface area contributed by atoms with Crippen molar-refractivity contribution in [1.29, 1.82) is 5.26 Å². The second kappa shape index (κ2) is 8.39. The lowest BCUT2D eigenvalue weighted by atomic mass is 9.94. The van der Waals surface area contributed by atoms with E-state index >= 15 is 0 Å². The lowest BCUT2D eigenvalue weighted by molar-refractivity contribution is 0.135. The average Bonchev–Trinajstić information content (AvgIpc) is 3.21. The predicted octanol–water partition coefficient (Wildman–Crippen LogP) is 2.97. The maximum atomic E-state index is 9.68. The minimum atomic E-state index is 0.182. The van der Waals surface area contributed by atoms with Gasteiger partial charge in [0.15, 0.2) is 0 Å². The first-order valence-corrected chi connectivity index (χ1v) is 10.8. The molecule has 0 unspecified atom stereocenters. The third-order valence-electron chi connectivity index (χ3n) is 5.73. The molecule has 27 heavy (non-hydrogen) atoms. The van der Waals surface area contributed by atoms with Crippen molar-refractivity contribution in [2.45, 2.75) is 44.7 Å².